The molecule has 1 amide bonds. The third-order valence-electron chi connectivity index (χ3n) is 3.31. The molecular formula is C14H18INO3. The number of nitrogens with one attached hydrogen (secondary N) is 1. The molecule has 0 saturated heterocycles. The molecule has 1 aromatic carbocycles. The van der Waals surface area contributed by atoms with Crippen molar-refractivity contribution in [2.75, 3.05) is 0 Å². The third kappa shape index (κ3) is 4.19. The van der Waals surface area contributed by atoms with E-state index in [1.807, 2.05) is 26.0 Å². The van der Waals surface area contributed by atoms with E-state index in [1.54, 1.807) is 19.1 Å². The Morgan fingerprint density at radius 2 is 1.95 bits per heavy atom. The van der Waals surface area contributed by atoms with Crippen molar-refractivity contribution in [1.82, 2.24) is 5.32 Å². The molecule has 0 aliphatic carbocycles. The second-order valence-corrected chi connectivity index (χ2v) is 6.24. The minimum Gasteiger partial charge on any atom is -0.481 e. The van der Waals surface area contributed by atoms with Gasteiger partial charge in [-0.05, 0) is 47.6 Å². The molecule has 1 rings (SSSR count). The molecule has 0 aliphatic heterocycles. The highest BCUT2D eigenvalue weighted by Crippen LogP contribution is 2.22. The number of benzene rings is 1. The second kappa shape index (κ2) is 6.36. The summed E-state index contributed by atoms with van der Waals surface area (Å²) in [6.45, 7) is 5.57. The van der Waals surface area contributed by atoms with Crippen LogP contribution < -0.4 is 5.32 Å². The molecule has 0 saturated carbocycles. The SMILES string of the molecule is CC(C)C(C)(CC(=O)O)NC(=O)c1ccccc1I. The molecule has 0 spiro atoms. The van der Waals surface area contributed by atoms with Gasteiger partial charge in [0.05, 0.1) is 17.5 Å². The van der Waals surface area contributed by atoms with Crippen LogP contribution >= 0.6 is 22.6 Å². The van der Waals surface area contributed by atoms with Crippen molar-refractivity contribution < 1.29 is 14.7 Å². The monoisotopic (exact) mass is 375 g/mol. The van der Waals surface area contributed by atoms with Gasteiger partial charge in [-0.3, -0.25) is 9.59 Å². The van der Waals surface area contributed by atoms with Crippen LogP contribution in [0.4, 0.5) is 0 Å². The first-order valence-electron chi connectivity index (χ1n) is 6.05. The van der Waals surface area contributed by atoms with Crippen LogP contribution in [0, 0.1) is 9.49 Å². The van der Waals surface area contributed by atoms with Gasteiger partial charge in [0, 0.05) is 3.57 Å². The van der Waals surface area contributed by atoms with E-state index in [4.69, 9.17) is 5.11 Å². The highest BCUT2D eigenvalue weighted by atomic mass is 127. The third-order valence-corrected chi connectivity index (χ3v) is 4.25. The summed E-state index contributed by atoms with van der Waals surface area (Å²) < 4.78 is 0.846. The maximum absolute atomic E-state index is 12.3. The van der Waals surface area contributed by atoms with Crippen LogP contribution in [-0.4, -0.2) is 22.5 Å². The molecule has 1 unspecified atom stereocenters. The average Bonchev–Trinajstić information content (AvgIpc) is 2.27. The highest BCUT2D eigenvalue weighted by Gasteiger charge is 2.33. The number of carbonyl (C=O) groups is 2. The number of amides is 1. The molecule has 0 radical (unpaired) electrons. The summed E-state index contributed by atoms with van der Waals surface area (Å²) >= 11 is 2.09. The zero-order valence-electron chi connectivity index (χ0n) is 11.2. The molecule has 1 atom stereocenters. The number of carbonyl (C=O) groups excluding carboxylic acids is 1. The highest BCUT2D eigenvalue weighted by molar-refractivity contribution is 14.1. The Balaban J connectivity index is 2.95. The van der Waals surface area contributed by atoms with Gasteiger partial charge in [-0.1, -0.05) is 26.0 Å². The van der Waals surface area contributed by atoms with E-state index in [-0.39, 0.29) is 18.2 Å². The summed E-state index contributed by atoms with van der Waals surface area (Å²) in [5, 5.41) is 11.8. The number of carboxylic acids is 1. The van der Waals surface area contributed by atoms with E-state index in [0.29, 0.717) is 5.56 Å². The minimum atomic E-state index is -0.917. The summed E-state index contributed by atoms with van der Waals surface area (Å²) in [7, 11) is 0. The van der Waals surface area contributed by atoms with Gasteiger partial charge in [-0.15, -0.1) is 0 Å². The van der Waals surface area contributed by atoms with E-state index < -0.39 is 11.5 Å². The van der Waals surface area contributed by atoms with Gasteiger partial charge in [0.15, 0.2) is 0 Å². The Morgan fingerprint density at radius 3 is 2.42 bits per heavy atom. The van der Waals surface area contributed by atoms with Crippen LogP contribution in [0.5, 0.6) is 0 Å². The van der Waals surface area contributed by atoms with Crippen molar-refractivity contribution >= 4 is 34.5 Å². The van der Waals surface area contributed by atoms with Crippen molar-refractivity contribution in [3.05, 3.63) is 33.4 Å². The van der Waals surface area contributed by atoms with Gasteiger partial charge in [-0.25, -0.2) is 0 Å². The molecule has 0 aliphatic rings. The Morgan fingerprint density at radius 1 is 1.37 bits per heavy atom. The Bertz CT molecular complexity index is 487. The van der Waals surface area contributed by atoms with Gasteiger partial charge >= 0.3 is 5.97 Å². The molecule has 0 fully saturated rings. The van der Waals surface area contributed by atoms with Crippen molar-refractivity contribution in [2.45, 2.75) is 32.7 Å². The van der Waals surface area contributed by atoms with Crippen LogP contribution in [0.15, 0.2) is 24.3 Å². The van der Waals surface area contributed by atoms with Crippen LogP contribution in [-0.2, 0) is 4.79 Å². The predicted molar refractivity (Wildman–Crippen MR) is 82.1 cm³/mol. The lowest BCUT2D eigenvalue weighted by molar-refractivity contribution is -0.138. The summed E-state index contributed by atoms with van der Waals surface area (Å²) in [6, 6.07) is 7.23. The van der Waals surface area contributed by atoms with Gasteiger partial charge in [0.25, 0.3) is 5.91 Å². The van der Waals surface area contributed by atoms with Gasteiger partial charge in [0.1, 0.15) is 0 Å². The lowest BCUT2D eigenvalue weighted by Crippen LogP contribution is -2.51. The van der Waals surface area contributed by atoms with Gasteiger partial charge < -0.3 is 10.4 Å². The maximum Gasteiger partial charge on any atom is 0.305 e. The number of rotatable bonds is 5. The molecule has 4 nitrogen and oxygen atoms in total. The maximum atomic E-state index is 12.3. The number of halogens is 1. The first kappa shape index (κ1) is 15.9. The summed E-state index contributed by atoms with van der Waals surface area (Å²) in [6.07, 6.45) is -0.0974. The Hall–Kier alpha value is -1.11. The molecule has 2 N–H and O–H groups in total. The number of aliphatic carboxylic acids is 1. The Labute approximate surface area is 126 Å². The van der Waals surface area contributed by atoms with Crippen molar-refractivity contribution in [3.8, 4) is 0 Å². The van der Waals surface area contributed by atoms with Crippen molar-refractivity contribution in [1.29, 1.82) is 0 Å². The summed E-state index contributed by atoms with van der Waals surface area (Å²) in [5.41, 5.74) is -0.192. The number of hydrogen-bond acceptors (Lipinski definition) is 2. The predicted octanol–water partition coefficient (Wildman–Crippen LogP) is 2.91. The van der Waals surface area contributed by atoms with E-state index >= 15 is 0 Å². The van der Waals surface area contributed by atoms with Gasteiger partial charge in [0.2, 0.25) is 0 Å². The largest absolute Gasteiger partial charge is 0.481 e. The molecule has 0 heterocycles. The summed E-state index contributed by atoms with van der Waals surface area (Å²) in [4.78, 5) is 23.2. The van der Waals surface area contributed by atoms with E-state index in [9.17, 15) is 9.59 Å². The Kier molecular flexibility index (Phi) is 5.34. The van der Waals surface area contributed by atoms with Crippen molar-refractivity contribution in [3.63, 3.8) is 0 Å². The first-order valence-corrected chi connectivity index (χ1v) is 7.13. The zero-order chi connectivity index (χ0) is 14.6. The topological polar surface area (TPSA) is 66.4 Å². The number of carboxylic acid groups (broad SMARTS) is 1. The molecule has 19 heavy (non-hydrogen) atoms. The molecule has 0 bridgehead atoms. The summed E-state index contributed by atoms with van der Waals surface area (Å²) in [5.74, 6) is -1.13. The van der Waals surface area contributed by atoms with Gasteiger partial charge in [-0.2, -0.15) is 0 Å². The van der Waals surface area contributed by atoms with Crippen molar-refractivity contribution in [2.24, 2.45) is 5.92 Å². The zero-order valence-corrected chi connectivity index (χ0v) is 13.4. The minimum absolute atomic E-state index is 0.0222. The van der Waals surface area contributed by atoms with Crippen LogP contribution in [0.25, 0.3) is 0 Å². The number of hydrogen-bond donors (Lipinski definition) is 2. The normalized spacial score (nSPS) is 13.9. The average molecular weight is 375 g/mol. The second-order valence-electron chi connectivity index (χ2n) is 5.08. The smallest absolute Gasteiger partial charge is 0.305 e. The standard InChI is InChI=1S/C14H18INO3/c1-9(2)14(3,8-12(17)18)16-13(19)10-6-4-5-7-11(10)15/h4-7,9H,8H2,1-3H3,(H,16,19)(H,17,18). The van der Waals surface area contributed by atoms with E-state index in [2.05, 4.69) is 27.9 Å². The van der Waals surface area contributed by atoms with E-state index in [1.165, 1.54) is 0 Å². The quantitative estimate of drug-likeness (QED) is 0.778. The van der Waals surface area contributed by atoms with Crippen LogP contribution in [0.2, 0.25) is 0 Å². The van der Waals surface area contributed by atoms with Crippen LogP contribution in [0.1, 0.15) is 37.6 Å². The van der Waals surface area contributed by atoms with E-state index in [0.717, 1.165) is 3.57 Å². The lowest BCUT2D eigenvalue weighted by Gasteiger charge is -2.33. The van der Waals surface area contributed by atoms with Crippen LogP contribution in [0.3, 0.4) is 0 Å². The fourth-order valence-electron chi connectivity index (χ4n) is 1.68. The fraction of sp³-hybridized carbons (Fsp3) is 0.429. The molecule has 1 aromatic rings. The molecular weight excluding hydrogens is 357 g/mol. The molecule has 5 heteroatoms. The molecule has 104 valence electrons. The first-order chi connectivity index (χ1) is 8.76. The fourth-order valence-corrected chi connectivity index (χ4v) is 2.31. The lowest BCUT2D eigenvalue weighted by atomic mass is 9.85. The molecule has 0 aromatic heterocycles.